The molecule has 1 saturated heterocycles. The summed E-state index contributed by atoms with van der Waals surface area (Å²) in [5.74, 6) is 0.254. The number of nitrogens with two attached hydrogens (primary N) is 1. The first-order valence-electron chi connectivity index (χ1n) is 6.91. The minimum absolute atomic E-state index is 0.226. The van der Waals surface area contributed by atoms with Gasteiger partial charge in [0.05, 0.1) is 18.1 Å². The number of nitrogens with zero attached hydrogens (tertiary/aromatic N) is 3. The second-order valence-electron chi connectivity index (χ2n) is 5.21. The normalized spacial score (nSPS) is 20.0. The summed E-state index contributed by atoms with van der Waals surface area (Å²) in [6.07, 6.45) is 3.78. The Balaban J connectivity index is 1.86. The van der Waals surface area contributed by atoms with Crippen LogP contribution < -0.4 is 5.73 Å². The van der Waals surface area contributed by atoms with E-state index in [-0.39, 0.29) is 10.8 Å². The van der Waals surface area contributed by atoms with Gasteiger partial charge in [-0.3, -0.25) is 0 Å². The van der Waals surface area contributed by atoms with Gasteiger partial charge in [-0.1, -0.05) is 18.2 Å². The SMILES string of the molecule is NCC1CCN(S(=O)(=O)c2cnn(-c3ccccc3)c2)C1. The predicted octanol–water partition coefficient (Wildman–Crippen LogP) is 0.842. The molecule has 1 aromatic carbocycles. The fourth-order valence-electron chi connectivity index (χ4n) is 2.52. The van der Waals surface area contributed by atoms with Crippen molar-refractivity contribution in [2.24, 2.45) is 11.7 Å². The first-order chi connectivity index (χ1) is 10.1. The van der Waals surface area contributed by atoms with Gasteiger partial charge in [-0.25, -0.2) is 13.1 Å². The smallest absolute Gasteiger partial charge is 0.246 e. The summed E-state index contributed by atoms with van der Waals surface area (Å²) in [6, 6.07) is 9.43. The number of rotatable bonds is 4. The highest BCUT2D eigenvalue weighted by Crippen LogP contribution is 2.24. The summed E-state index contributed by atoms with van der Waals surface area (Å²) in [4.78, 5) is 0.226. The molecule has 0 aliphatic carbocycles. The molecule has 1 fully saturated rings. The number of hydrogen-bond donors (Lipinski definition) is 1. The molecule has 2 N–H and O–H groups in total. The first-order valence-corrected chi connectivity index (χ1v) is 8.35. The fourth-order valence-corrected chi connectivity index (χ4v) is 3.98. The molecule has 7 heteroatoms. The lowest BCUT2D eigenvalue weighted by Gasteiger charge is -2.14. The quantitative estimate of drug-likeness (QED) is 0.907. The van der Waals surface area contributed by atoms with Gasteiger partial charge in [0, 0.05) is 13.1 Å². The van der Waals surface area contributed by atoms with Crippen molar-refractivity contribution in [1.29, 1.82) is 0 Å². The summed E-state index contributed by atoms with van der Waals surface area (Å²) in [6.45, 7) is 1.55. The van der Waals surface area contributed by atoms with Crippen LogP contribution in [0, 0.1) is 5.92 Å². The third-order valence-corrected chi connectivity index (χ3v) is 5.62. The molecule has 0 radical (unpaired) electrons. The van der Waals surface area contributed by atoms with E-state index in [1.165, 1.54) is 10.5 Å². The Morgan fingerprint density at radius 3 is 2.71 bits per heavy atom. The summed E-state index contributed by atoms with van der Waals surface area (Å²) in [5, 5.41) is 4.15. The van der Waals surface area contributed by atoms with Crippen LogP contribution in [0.5, 0.6) is 0 Å². The van der Waals surface area contributed by atoms with Crippen molar-refractivity contribution >= 4 is 10.0 Å². The van der Waals surface area contributed by atoms with Gasteiger partial charge in [-0.15, -0.1) is 0 Å². The maximum Gasteiger partial charge on any atom is 0.246 e. The van der Waals surface area contributed by atoms with E-state index in [0.717, 1.165) is 12.1 Å². The molecular formula is C14H18N4O2S. The molecule has 3 rings (SSSR count). The Bertz CT molecular complexity index is 712. The highest BCUT2D eigenvalue weighted by atomic mass is 32.2. The Morgan fingerprint density at radius 1 is 1.29 bits per heavy atom. The van der Waals surface area contributed by atoms with Gasteiger partial charge >= 0.3 is 0 Å². The molecule has 6 nitrogen and oxygen atoms in total. The van der Waals surface area contributed by atoms with Crippen LogP contribution in [0.15, 0.2) is 47.6 Å². The minimum Gasteiger partial charge on any atom is -0.330 e. The lowest BCUT2D eigenvalue weighted by atomic mass is 10.1. The van der Waals surface area contributed by atoms with Crippen LogP contribution in [-0.2, 0) is 10.0 Å². The van der Waals surface area contributed by atoms with Crippen LogP contribution in [0.1, 0.15) is 6.42 Å². The van der Waals surface area contributed by atoms with Crippen LogP contribution in [0.25, 0.3) is 5.69 Å². The number of benzene rings is 1. The van der Waals surface area contributed by atoms with E-state index in [1.807, 2.05) is 30.3 Å². The maximum atomic E-state index is 12.6. The summed E-state index contributed by atoms with van der Waals surface area (Å²) in [5.41, 5.74) is 6.45. The van der Waals surface area contributed by atoms with Crippen molar-refractivity contribution in [3.63, 3.8) is 0 Å². The van der Waals surface area contributed by atoms with Gasteiger partial charge in [0.1, 0.15) is 4.90 Å². The summed E-state index contributed by atoms with van der Waals surface area (Å²) >= 11 is 0. The van der Waals surface area contributed by atoms with E-state index >= 15 is 0 Å². The van der Waals surface area contributed by atoms with Crippen LogP contribution in [0.3, 0.4) is 0 Å². The van der Waals surface area contributed by atoms with Gasteiger partial charge in [0.15, 0.2) is 0 Å². The zero-order valence-corrected chi connectivity index (χ0v) is 12.4. The maximum absolute atomic E-state index is 12.6. The Kier molecular flexibility index (Phi) is 3.79. The van der Waals surface area contributed by atoms with Crippen LogP contribution in [0.4, 0.5) is 0 Å². The lowest BCUT2D eigenvalue weighted by Crippen LogP contribution is -2.29. The molecule has 0 spiro atoms. The number of sulfonamides is 1. The van der Waals surface area contributed by atoms with Gasteiger partial charge in [-0.05, 0) is 31.0 Å². The fraction of sp³-hybridized carbons (Fsp3) is 0.357. The van der Waals surface area contributed by atoms with Gasteiger partial charge in [0.25, 0.3) is 0 Å². The van der Waals surface area contributed by atoms with Crippen LogP contribution >= 0.6 is 0 Å². The van der Waals surface area contributed by atoms with Crippen molar-refractivity contribution in [3.8, 4) is 5.69 Å². The average Bonchev–Trinajstić information content (AvgIpc) is 3.18. The average molecular weight is 306 g/mol. The number of para-hydroxylation sites is 1. The van der Waals surface area contributed by atoms with E-state index in [0.29, 0.717) is 19.6 Å². The van der Waals surface area contributed by atoms with Crippen LogP contribution in [-0.4, -0.2) is 42.1 Å². The Hall–Kier alpha value is -1.70. The minimum atomic E-state index is -3.47. The first kappa shape index (κ1) is 14.2. The third kappa shape index (κ3) is 2.72. The Morgan fingerprint density at radius 2 is 2.05 bits per heavy atom. The summed E-state index contributed by atoms with van der Waals surface area (Å²) in [7, 11) is -3.47. The highest BCUT2D eigenvalue weighted by molar-refractivity contribution is 7.89. The van der Waals surface area contributed by atoms with Crippen LogP contribution in [0.2, 0.25) is 0 Å². The Labute approximate surface area is 124 Å². The molecule has 0 bridgehead atoms. The standard InChI is InChI=1S/C14H18N4O2S/c15-8-12-6-7-17(10-12)21(19,20)14-9-16-18(11-14)13-4-2-1-3-5-13/h1-5,9,11-12H,6-8,10,15H2. The lowest BCUT2D eigenvalue weighted by molar-refractivity contribution is 0.459. The van der Waals surface area contributed by atoms with E-state index in [9.17, 15) is 8.42 Å². The largest absolute Gasteiger partial charge is 0.330 e. The van der Waals surface area contributed by atoms with E-state index in [1.54, 1.807) is 10.9 Å². The molecular weight excluding hydrogens is 288 g/mol. The van der Waals surface area contributed by atoms with E-state index in [2.05, 4.69) is 5.10 Å². The second-order valence-corrected chi connectivity index (χ2v) is 7.15. The highest BCUT2D eigenvalue weighted by Gasteiger charge is 2.32. The van der Waals surface area contributed by atoms with Gasteiger partial charge in [0.2, 0.25) is 10.0 Å². The molecule has 1 atom stereocenters. The zero-order valence-electron chi connectivity index (χ0n) is 11.6. The van der Waals surface area contributed by atoms with Crippen molar-refractivity contribution in [2.75, 3.05) is 19.6 Å². The molecule has 2 heterocycles. The molecule has 1 aromatic heterocycles. The molecule has 21 heavy (non-hydrogen) atoms. The van der Waals surface area contributed by atoms with Gasteiger partial charge in [-0.2, -0.15) is 9.40 Å². The molecule has 2 aromatic rings. The molecule has 112 valence electrons. The second kappa shape index (κ2) is 5.59. The van der Waals surface area contributed by atoms with E-state index < -0.39 is 10.0 Å². The van der Waals surface area contributed by atoms with E-state index in [4.69, 9.17) is 5.73 Å². The number of hydrogen-bond acceptors (Lipinski definition) is 4. The van der Waals surface area contributed by atoms with Gasteiger partial charge < -0.3 is 5.73 Å². The third-order valence-electron chi connectivity index (χ3n) is 3.80. The molecule has 1 unspecified atom stereocenters. The zero-order chi connectivity index (χ0) is 14.9. The van der Waals surface area contributed by atoms with Crippen molar-refractivity contribution < 1.29 is 8.42 Å². The topological polar surface area (TPSA) is 81.2 Å². The van der Waals surface area contributed by atoms with Crippen molar-refractivity contribution in [3.05, 3.63) is 42.7 Å². The molecule has 0 saturated carbocycles. The monoisotopic (exact) mass is 306 g/mol. The van der Waals surface area contributed by atoms with Crippen molar-refractivity contribution in [1.82, 2.24) is 14.1 Å². The molecule has 1 aliphatic heterocycles. The predicted molar refractivity (Wildman–Crippen MR) is 79.5 cm³/mol. The summed E-state index contributed by atoms with van der Waals surface area (Å²) < 4.78 is 28.2. The number of aromatic nitrogens is 2. The van der Waals surface area contributed by atoms with Crippen molar-refractivity contribution in [2.45, 2.75) is 11.3 Å². The molecule has 0 amide bonds. The molecule has 1 aliphatic rings.